The number of benzene rings is 1. The van der Waals surface area contributed by atoms with Gasteiger partial charge in [-0.2, -0.15) is 0 Å². The van der Waals surface area contributed by atoms with Gasteiger partial charge in [0.1, 0.15) is 5.75 Å². The van der Waals surface area contributed by atoms with Crippen molar-refractivity contribution in [2.75, 3.05) is 25.5 Å². The molecule has 3 fully saturated rings. The van der Waals surface area contributed by atoms with E-state index < -0.39 is 0 Å². The molecule has 2 aromatic rings. The molecule has 1 aliphatic carbocycles. The first-order chi connectivity index (χ1) is 15.1. The van der Waals surface area contributed by atoms with Gasteiger partial charge < -0.3 is 25.1 Å². The van der Waals surface area contributed by atoms with Crippen molar-refractivity contribution >= 4 is 17.6 Å². The number of nitrogens with one attached hydrogen (secondary N) is 3. The third-order valence-corrected chi connectivity index (χ3v) is 6.13. The van der Waals surface area contributed by atoms with E-state index in [1.165, 1.54) is 0 Å². The van der Waals surface area contributed by atoms with Gasteiger partial charge in [-0.1, -0.05) is 12.1 Å². The molecular formula is C21H26N6O4. The van der Waals surface area contributed by atoms with E-state index >= 15 is 0 Å². The molecule has 2 saturated heterocycles. The van der Waals surface area contributed by atoms with E-state index in [0.717, 1.165) is 18.7 Å². The van der Waals surface area contributed by atoms with Crippen LogP contribution in [-0.2, 0) is 11.2 Å². The zero-order valence-corrected chi connectivity index (χ0v) is 17.3. The Labute approximate surface area is 179 Å². The van der Waals surface area contributed by atoms with E-state index in [0.29, 0.717) is 49.2 Å². The fourth-order valence-electron chi connectivity index (χ4n) is 4.41. The summed E-state index contributed by atoms with van der Waals surface area (Å²) in [4.78, 5) is 27.1. The van der Waals surface area contributed by atoms with Gasteiger partial charge in [-0.25, -0.2) is 4.79 Å². The van der Waals surface area contributed by atoms with E-state index in [1.807, 2.05) is 12.1 Å². The third kappa shape index (κ3) is 4.20. The van der Waals surface area contributed by atoms with Crippen molar-refractivity contribution in [3.63, 3.8) is 0 Å². The number of para-hydroxylation sites is 2. The summed E-state index contributed by atoms with van der Waals surface area (Å²) in [6, 6.07) is 6.54. The highest BCUT2D eigenvalue weighted by Gasteiger charge is 2.44. The number of rotatable bonds is 6. The molecule has 3 atom stereocenters. The van der Waals surface area contributed by atoms with Gasteiger partial charge in [-0.3, -0.25) is 9.69 Å². The summed E-state index contributed by atoms with van der Waals surface area (Å²) >= 11 is 0. The van der Waals surface area contributed by atoms with Gasteiger partial charge in [-0.15, -0.1) is 10.2 Å². The Morgan fingerprint density at radius 2 is 2.16 bits per heavy atom. The van der Waals surface area contributed by atoms with Crippen LogP contribution in [0.25, 0.3) is 0 Å². The highest BCUT2D eigenvalue weighted by Crippen LogP contribution is 2.39. The molecule has 31 heavy (non-hydrogen) atoms. The number of fused-ring (bicyclic) bond motifs is 1. The maximum Gasteiger partial charge on any atom is 0.319 e. The van der Waals surface area contributed by atoms with Crippen LogP contribution in [0.3, 0.4) is 0 Å². The maximum absolute atomic E-state index is 12.5. The van der Waals surface area contributed by atoms with E-state index in [1.54, 1.807) is 19.2 Å². The highest BCUT2D eigenvalue weighted by molar-refractivity contribution is 5.91. The predicted molar refractivity (Wildman–Crippen MR) is 111 cm³/mol. The topological polar surface area (TPSA) is 122 Å². The molecule has 0 radical (unpaired) electrons. The Bertz CT molecular complexity index is 974. The largest absolute Gasteiger partial charge is 0.495 e. The Hall–Kier alpha value is -3.14. The molecule has 1 aromatic heterocycles. The second kappa shape index (κ2) is 8.18. The lowest BCUT2D eigenvalue weighted by Crippen LogP contribution is -2.58. The SMILES string of the molecule is COc1ccccc1NC(=O)N[C@H]1C[C@H]2C(=O)NC[C@@H](Cc3nnc(C4CC4)o3)N2C1. The first-order valence-corrected chi connectivity index (χ1v) is 10.7. The Kier molecular flexibility index (Phi) is 5.23. The summed E-state index contributed by atoms with van der Waals surface area (Å²) in [5.41, 5.74) is 0.594. The summed E-state index contributed by atoms with van der Waals surface area (Å²) in [6.45, 7) is 1.11. The van der Waals surface area contributed by atoms with Gasteiger partial charge in [-0.05, 0) is 31.4 Å². The average Bonchev–Trinajstić information content (AvgIpc) is 3.36. The van der Waals surface area contributed by atoms with Gasteiger partial charge in [0.25, 0.3) is 0 Å². The van der Waals surface area contributed by atoms with Gasteiger partial charge in [0.2, 0.25) is 17.7 Å². The second-order valence-corrected chi connectivity index (χ2v) is 8.36. The number of anilines is 1. The summed E-state index contributed by atoms with van der Waals surface area (Å²) in [5.74, 6) is 2.33. The van der Waals surface area contributed by atoms with E-state index in [-0.39, 0.29) is 30.1 Å². The number of carbonyl (C=O) groups excluding carboxylic acids is 2. The molecule has 1 saturated carbocycles. The van der Waals surface area contributed by atoms with Crippen LogP contribution < -0.4 is 20.7 Å². The number of hydrogen-bond donors (Lipinski definition) is 3. The minimum Gasteiger partial charge on any atom is -0.495 e. The van der Waals surface area contributed by atoms with E-state index in [2.05, 4.69) is 31.0 Å². The smallest absolute Gasteiger partial charge is 0.319 e. The van der Waals surface area contributed by atoms with E-state index in [9.17, 15) is 9.59 Å². The van der Waals surface area contributed by atoms with E-state index in [4.69, 9.17) is 9.15 Å². The minimum absolute atomic E-state index is 0.00474. The highest BCUT2D eigenvalue weighted by atomic mass is 16.5. The Balaban J connectivity index is 1.21. The monoisotopic (exact) mass is 426 g/mol. The second-order valence-electron chi connectivity index (χ2n) is 8.36. The van der Waals surface area contributed by atoms with Crippen molar-refractivity contribution in [3.05, 3.63) is 36.0 Å². The van der Waals surface area contributed by atoms with Crippen LogP contribution in [0.2, 0.25) is 0 Å². The Morgan fingerprint density at radius 3 is 2.97 bits per heavy atom. The van der Waals surface area contributed by atoms with Crippen molar-refractivity contribution in [3.8, 4) is 5.75 Å². The van der Waals surface area contributed by atoms with Crippen molar-refractivity contribution in [2.24, 2.45) is 0 Å². The number of piperazine rings is 1. The number of carbonyl (C=O) groups is 2. The maximum atomic E-state index is 12.5. The minimum atomic E-state index is -0.322. The molecule has 1 aromatic carbocycles. The molecule has 3 heterocycles. The normalized spacial score (nSPS) is 25.6. The molecule has 3 amide bonds. The van der Waals surface area contributed by atoms with Crippen LogP contribution in [0.1, 0.15) is 37.0 Å². The number of urea groups is 1. The lowest BCUT2D eigenvalue weighted by molar-refractivity contribution is -0.129. The molecule has 3 N–H and O–H groups in total. The molecule has 164 valence electrons. The van der Waals surface area contributed by atoms with Crippen LogP contribution in [0.15, 0.2) is 28.7 Å². The summed E-state index contributed by atoms with van der Waals surface area (Å²) in [7, 11) is 1.56. The number of hydrogen-bond acceptors (Lipinski definition) is 7. The molecule has 0 spiro atoms. The van der Waals surface area contributed by atoms with Crippen molar-refractivity contribution in [1.29, 1.82) is 0 Å². The molecule has 10 nitrogen and oxygen atoms in total. The predicted octanol–water partition coefficient (Wildman–Crippen LogP) is 1.26. The lowest BCUT2D eigenvalue weighted by Gasteiger charge is -2.36. The molecule has 3 aliphatic rings. The van der Waals surface area contributed by atoms with Gasteiger partial charge in [0.15, 0.2) is 0 Å². The van der Waals surface area contributed by atoms with Gasteiger partial charge in [0, 0.05) is 37.5 Å². The molecule has 5 rings (SSSR count). The Morgan fingerprint density at radius 1 is 1.32 bits per heavy atom. The van der Waals surface area contributed by atoms with Crippen molar-refractivity contribution < 1.29 is 18.7 Å². The fourth-order valence-corrected chi connectivity index (χ4v) is 4.41. The molecule has 0 bridgehead atoms. The van der Waals surface area contributed by atoms with Crippen LogP contribution in [0, 0.1) is 0 Å². The molecule has 10 heteroatoms. The van der Waals surface area contributed by atoms with Gasteiger partial charge in [0.05, 0.1) is 18.8 Å². The summed E-state index contributed by atoms with van der Waals surface area (Å²) in [5, 5.41) is 17.1. The number of methoxy groups -OCH3 is 1. The van der Waals surface area contributed by atoms with Crippen LogP contribution in [0.5, 0.6) is 5.75 Å². The van der Waals surface area contributed by atoms with Gasteiger partial charge >= 0.3 is 6.03 Å². The summed E-state index contributed by atoms with van der Waals surface area (Å²) in [6.07, 6.45) is 3.36. The number of amides is 3. The first-order valence-electron chi connectivity index (χ1n) is 10.7. The standard InChI is InChI=1S/C21H26N6O4/c1-30-17-5-3-2-4-15(17)24-21(29)23-13-8-16-19(28)22-10-14(27(16)11-13)9-18-25-26-20(31-18)12-6-7-12/h2-5,12-14,16H,6-11H2,1H3,(H,22,28)(H2,23,24,29)/t13-,14+,16-/m0/s1. The fraction of sp³-hybridized carbons (Fsp3) is 0.524. The van der Waals surface area contributed by atoms with Crippen molar-refractivity contribution in [2.45, 2.75) is 49.7 Å². The van der Waals surface area contributed by atoms with Crippen LogP contribution in [-0.4, -0.2) is 65.4 Å². The zero-order valence-electron chi connectivity index (χ0n) is 17.3. The molecule has 2 aliphatic heterocycles. The van der Waals surface area contributed by atoms with Crippen LogP contribution in [0.4, 0.5) is 10.5 Å². The quantitative estimate of drug-likeness (QED) is 0.636. The first kappa shape index (κ1) is 19.8. The molecule has 0 unspecified atom stereocenters. The summed E-state index contributed by atoms with van der Waals surface area (Å²) < 4.78 is 11.1. The third-order valence-electron chi connectivity index (χ3n) is 6.13. The number of ether oxygens (including phenoxy) is 1. The van der Waals surface area contributed by atoms with Crippen LogP contribution >= 0.6 is 0 Å². The van der Waals surface area contributed by atoms with Crippen molar-refractivity contribution in [1.82, 2.24) is 25.7 Å². The average molecular weight is 426 g/mol. The lowest BCUT2D eigenvalue weighted by atomic mass is 10.1. The number of nitrogens with zero attached hydrogens (tertiary/aromatic N) is 3. The number of aromatic nitrogens is 2. The molecular weight excluding hydrogens is 400 g/mol. The zero-order chi connectivity index (χ0) is 21.4.